The fourth-order valence-electron chi connectivity index (χ4n) is 2.16. The van der Waals surface area contributed by atoms with Gasteiger partial charge in [-0.05, 0) is 24.6 Å². The predicted octanol–water partition coefficient (Wildman–Crippen LogP) is 1.23. The van der Waals surface area contributed by atoms with Gasteiger partial charge < -0.3 is 9.84 Å². The van der Waals surface area contributed by atoms with Gasteiger partial charge in [-0.2, -0.15) is 4.36 Å². The Bertz CT molecular complexity index is 822. The van der Waals surface area contributed by atoms with Crippen LogP contribution in [0.5, 0.6) is 0 Å². The van der Waals surface area contributed by atoms with Gasteiger partial charge in [0, 0.05) is 6.26 Å². The van der Waals surface area contributed by atoms with Crippen molar-refractivity contribution in [2.75, 3.05) is 31.0 Å². The molecular formula is C13H17NO6S2. The maximum atomic E-state index is 12.7. The normalized spacial score (nSPS) is 17.9. The van der Waals surface area contributed by atoms with Crippen molar-refractivity contribution < 1.29 is 27.3 Å². The molecule has 22 heavy (non-hydrogen) atoms. The zero-order chi connectivity index (χ0) is 16.5. The summed E-state index contributed by atoms with van der Waals surface area (Å²) in [5.41, 5.74) is 0.125. The van der Waals surface area contributed by atoms with E-state index in [9.17, 15) is 22.5 Å². The summed E-state index contributed by atoms with van der Waals surface area (Å²) in [6.45, 7) is 2.04. The van der Waals surface area contributed by atoms with E-state index >= 15 is 0 Å². The largest absolute Gasteiger partial charge is 0.478 e. The van der Waals surface area contributed by atoms with Crippen LogP contribution in [-0.4, -0.2) is 54.7 Å². The van der Waals surface area contributed by atoms with Crippen molar-refractivity contribution in [2.45, 2.75) is 11.8 Å². The van der Waals surface area contributed by atoms with Crippen LogP contribution in [0.2, 0.25) is 0 Å². The lowest BCUT2D eigenvalue weighted by Gasteiger charge is -2.18. The molecule has 1 heterocycles. The van der Waals surface area contributed by atoms with E-state index in [4.69, 9.17) is 4.74 Å². The Morgan fingerprint density at radius 2 is 1.91 bits per heavy atom. The first kappa shape index (κ1) is 16.9. The number of rotatable bonds is 3. The van der Waals surface area contributed by atoms with E-state index in [-0.39, 0.29) is 46.4 Å². The molecule has 1 aliphatic heterocycles. The monoisotopic (exact) mass is 347 g/mol. The third-order valence-electron chi connectivity index (χ3n) is 3.37. The van der Waals surface area contributed by atoms with Crippen molar-refractivity contribution in [1.82, 2.24) is 0 Å². The maximum absolute atomic E-state index is 12.7. The minimum Gasteiger partial charge on any atom is -0.478 e. The van der Waals surface area contributed by atoms with Crippen molar-refractivity contribution >= 4 is 31.2 Å². The lowest BCUT2D eigenvalue weighted by molar-refractivity contribution is 0.0696. The van der Waals surface area contributed by atoms with Crippen LogP contribution in [0.4, 0.5) is 5.69 Å². The fraction of sp³-hybridized carbons (Fsp3) is 0.462. The molecule has 0 radical (unpaired) electrons. The van der Waals surface area contributed by atoms with Gasteiger partial charge >= 0.3 is 5.97 Å². The zero-order valence-electron chi connectivity index (χ0n) is 12.2. The standard InChI is InChI=1S/C13H17NO6S2/c1-9-10(13(15)16)3-4-11(21(2,17)18)12(9)14-22(19)7-5-20-6-8-22/h3-4H,5-8H2,1-2H3,(H,15,16). The SMILES string of the molecule is Cc1c(C(=O)O)ccc(S(C)(=O)=O)c1N=S1(=O)CCOCC1. The number of aromatic carboxylic acids is 1. The van der Waals surface area contributed by atoms with E-state index in [0.29, 0.717) is 0 Å². The minimum atomic E-state index is -3.62. The van der Waals surface area contributed by atoms with Gasteiger partial charge in [0.15, 0.2) is 9.84 Å². The van der Waals surface area contributed by atoms with E-state index < -0.39 is 25.5 Å². The van der Waals surface area contributed by atoms with Gasteiger partial charge in [0.1, 0.15) is 0 Å². The summed E-state index contributed by atoms with van der Waals surface area (Å²) >= 11 is 0. The lowest BCUT2D eigenvalue weighted by atomic mass is 10.1. The van der Waals surface area contributed by atoms with Crippen molar-refractivity contribution in [3.63, 3.8) is 0 Å². The fourth-order valence-corrected chi connectivity index (χ4v) is 4.79. The molecule has 1 N–H and O–H groups in total. The van der Waals surface area contributed by atoms with Crippen LogP contribution in [0.3, 0.4) is 0 Å². The summed E-state index contributed by atoms with van der Waals surface area (Å²) < 4.78 is 45.8. The molecule has 0 atom stereocenters. The Kier molecular flexibility index (Phi) is 4.59. The van der Waals surface area contributed by atoms with Gasteiger partial charge in [-0.3, -0.25) is 0 Å². The van der Waals surface area contributed by atoms with Gasteiger partial charge in [0.2, 0.25) is 0 Å². The summed E-state index contributed by atoms with van der Waals surface area (Å²) in [7, 11) is -6.27. The molecule has 1 aromatic rings. The Labute approximate surface area is 129 Å². The van der Waals surface area contributed by atoms with Crippen molar-refractivity contribution in [1.29, 1.82) is 0 Å². The zero-order valence-corrected chi connectivity index (χ0v) is 13.9. The number of hydrogen-bond acceptors (Lipinski definition) is 6. The van der Waals surface area contributed by atoms with Crippen LogP contribution in [-0.2, 0) is 24.3 Å². The van der Waals surface area contributed by atoms with Crippen LogP contribution in [0.25, 0.3) is 0 Å². The third kappa shape index (κ3) is 3.47. The van der Waals surface area contributed by atoms with Crippen LogP contribution < -0.4 is 0 Å². The van der Waals surface area contributed by atoms with Gasteiger partial charge in [-0.1, -0.05) is 0 Å². The van der Waals surface area contributed by atoms with Crippen molar-refractivity contribution in [3.05, 3.63) is 23.3 Å². The molecule has 0 aliphatic carbocycles. The Hall–Kier alpha value is -1.45. The van der Waals surface area contributed by atoms with E-state index in [1.807, 2.05) is 0 Å². The Balaban J connectivity index is 2.76. The Morgan fingerprint density at radius 3 is 2.41 bits per heavy atom. The number of carboxylic acid groups (broad SMARTS) is 1. The highest BCUT2D eigenvalue weighted by Crippen LogP contribution is 2.32. The molecule has 1 fully saturated rings. The van der Waals surface area contributed by atoms with Crippen LogP contribution in [0.1, 0.15) is 15.9 Å². The highest BCUT2D eigenvalue weighted by atomic mass is 32.2. The third-order valence-corrected chi connectivity index (χ3v) is 6.63. The lowest BCUT2D eigenvalue weighted by Crippen LogP contribution is -2.25. The molecule has 0 aromatic heterocycles. The number of nitrogens with zero attached hydrogens (tertiary/aromatic N) is 1. The molecule has 2 rings (SSSR count). The predicted molar refractivity (Wildman–Crippen MR) is 82.0 cm³/mol. The van der Waals surface area contributed by atoms with Gasteiger partial charge in [0.25, 0.3) is 0 Å². The smallest absolute Gasteiger partial charge is 0.336 e. The topological polar surface area (TPSA) is 110 Å². The van der Waals surface area contributed by atoms with Gasteiger partial charge in [0.05, 0.1) is 50.6 Å². The molecule has 0 saturated carbocycles. The summed E-state index contributed by atoms with van der Waals surface area (Å²) in [6, 6.07) is 2.43. The average Bonchev–Trinajstić information content (AvgIpc) is 2.39. The molecule has 7 nitrogen and oxygen atoms in total. The van der Waals surface area contributed by atoms with Crippen molar-refractivity contribution in [2.24, 2.45) is 4.36 Å². The molecule has 0 bridgehead atoms. The average molecular weight is 347 g/mol. The van der Waals surface area contributed by atoms with Crippen LogP contribution in [0.15, 0.2) is 21.4 Å². The number of carboxylic acids is 1. The quantitative estimate of drug-likeness (QED) is 0.880. The summed E-state index contributed by atoms with van der Waals surface area (Å²) in [5, 5.41) is 9.17. The highest BCUT2D eigenvalue weighted by molar-refractivity contribution is 7.94. The molecule has 122 valence electrons. The molecule has 0 spiro atoms. The Morgan fingerprint density at radius 1 is 1.32 bits per heavy atom. The second kappa shape index (κ2) is 5.98. The van der Waals surface area contributed by atoms with E-state index in [2.05, 4.69) is 4.36 Å². The first-order valence-corrected chi connectivity index (χ1v) is 10.3. The first-order chi connectivity index (χ1) is 10.1. The van der Waals surface area contributed by atoms with Gasteiger partial charge in [-0.15, -0.1) is 0 Å². The number of carbonyl (C=O) groups is 1. The molecule has 1 aromatic carbocycles. The number of hydrogen-bond donors (Lipinski definition) is 1. The number of sulfone groups is 1. The van der Waals surface area contributed by atoms with Crippen molar-refractivity contribution in [3.8, 4) is 0 Å². The maximum Gasteiger partial charge on any atom is 0.336 e. The molecular weight excluding hydrogens is 330 g/mol. The molecule has 0 unspecified atom stereocenters. The molecule has 9 heteroatoms. The van der Waals surface area contributed by atoms with Gasteiger partial charge in [-0.25, -0.2) is 17.4 Å². The van der Waals surface area contributed by atoms with Crippen LogP contribution in [0, 0.1) is 6.92 Å². The van der Waals surface area contributed by atoms with E-state index in [0.717, 1.165) is 6.26 Å². The van der Waals surface area contributed by atoms with E-state index in [1.165, 1.54) is 19.1 Å². The summed E-state index contributed by atoms with van der Waals surface area (Å²) in [4.78, 5) is 11.1. The highest BCUT2D eigenvalue weighted by Gasteiger charge is 2.23. The van der Waals surface area contributed by atoms with Crippen LogP contribution >= 0.6 is 0 Å². The second-order valence-corrected chi connectivity index (χ2v) is 9.58. The molecule has 1 saturated heterocycles. The molecule has 1 aliphatic rings. The minimum absolute atomic E-state index is 0.0192. The first-order valence-electron chi connectivity index (χ1n) is 6.51. The summed E-state index contributed by atoms with van der Waals surface area (Å²) in [5.74, 6) is -0.782. The number of ether oxygens (including phenoxy) is 1. The number of benzene rings is 1. The van der Waals surface area contributed by atoms with E-state index in [1.54, 1.807) is 0 Å². The summed E-state index contributed by atoms with van der Waals surface area (Å²) in [6.07, 6.45) is 1.01. The second-order valence-electron chi connectivity index (χ2n) is 5.05. The molecule has 0 amide bonds.